The van der Waals surface area contributed by atoms with Crippen molar-refractivity contribution in [2.45, 2.75) is 51.6 Å². The molecule has 0 bridgehead atoms. The van der Waals surface area contributed by atoms with Gasteiger partial charge < -0.3 is 10.3 Å². The van der Waals surface area contributed by atoms with Gasteiger partial charge in [-0.25, -0.2) is 0 Å². The molecule has 2 N–H and O–H groups in total. The van der Waals surface area contributed by atoms with E-state index in [2.05, 4.69) is 22.0 Å². The molecule has 0 amide bonds. The first-order chi connectivity index (χ1) is 8.28. The van der Waals surface area contributed by atoms with Gasteiger partial charge in [0, 0.05) is 19.0 Å². The van der Waals surface area contributed by atoms with Crippen molar-refractivity contribution < 1.29 is 4.52 Å². The van der Waals surface area contributed by atoms with Crippen LogP contribution in [-0.2, 0) is 13.0 Å². The Bertz CT molecular complexity index is 339. The van der Waals surface area contributed by atoms with Gasteiger partial charge in [-0.1, -0.05) is 18.5 Å². The fourth-order valence-corrected chi connectivity index (χ4v) is 2.22. The lowest BCUT2D eigenvalue weighted by Crippen LogP contribution is -2.42. The minimum atomic E-state index is 0.297. The lowest BCUT2D eigenvalue weighted by Gasteiger charge is -2.29. The van der Waals surface area contributed by atoms with E-state index < -0.39 is 0 Å². The molecule has 1 aliphatic heterocycles. The molecule has 5 heteroatoms. The predicted octanol–water partition coefficient (Wildman–Crippen LogP) is 1.34. The summed E-state index contributed by atoms with van der Waals surface area (Å²) in [6, 6.07) is 0.297. The lowest BCUT2D eigenvalue weighted by molar-refractivity contribution is 0.178. The molecule has 5 nitrogen and oxygen atoms in total. The van der Waals surface area contributed by atoms with Crippen LogP contribution in [0.5, 0.6) is 0 Å². The third kappa shape index (κ3) is 3.78. The highest BCUT2D eigenvalue weighted by Crippen LogP contribution is 2.12. The molecule has 96 valence electrons. The summed E-state index contributed by atoms with van der Waals surface area (Å²) in [5.74, 6) is 1.56. The van der Waals surface area contributed by atoms with Crippen molar-refractivity contribution in [2.24, 2.45) is 5.73 Å². The second kappa shape index (κ2) is 6.12. The van der Waals surface area contributed by atoms with Crippen LogP contribution in [0.3, 0.4) is 0 Å². The van der Waals surface area contributed by atoms with Crippen LogP contribution in [0.25, 0.3) is 0 Å². The normalized spacial score (nSPS) is 21.9. The van der Waals surface area contributed by atoms with E-state index in [4.69, 9.17) is 10.3 Å². The fourth-order valence-electron chi connectivity index (χ4n) is 2.22. The van der Waals surface area contributed by atoms with Gasteiger partial charge in [0.2, 0.25) is 5.89 Å². The first kappa shape index (κ1) is 12.5. The minimum absolute atomic E-state index is 0.297. The van der Waals surface area contributed by atoms with Crippen molar-refractivity contribution in [1.29, 1.82) is 0 Å². The number of rotatable bonds is 5. The average molecular weight is 238 g/mol. The van der Waals surface area contributed by atoms with E-state index in [9.17, 15) is 0 Å². The summed E-state index contributed by atoms with van der Waals surface area (Å²) in [6.07, 6.45) is 5.48. The average Bonchev–Trinajstić information content (AvgIpc) is 2.74. The molecule has 1 aromatic rings. The SMILES string of the molecule is CCCCc1noc(CN2CCCC(N)C2)n1. The molecule has 2 rings (SSSR count). The van der Waals surface area contributed by atoms with Crippen molar-refractivity contribution in [3.05, 3.63) is 11.7 Å². The number of aryl methyl sites for hydroxylation is 1. The highest BCUT2D eigenvalue weighted by Gasteiger charge is 2.18. The molecule has 0 aliphatic carbocycles. The van der Waals surface area contributed by atoms with E-state index in [-0.39, 0.29) is 0 Å². The van der Waals surface area contributed by atoms with Crippen molar-refractivity contribution in [3.8, 4) is 0 Å². The van der Waals surface area contributed by atoms with Crippen molar-refractivity contribution in [2.75, 3.05) is 13.1 Å². The Balaban J connectivity index is 1.83. The molecule has 0 aromatic carbocycles. The van der Waals surface area contributed by atoms with E-state index in [1.807, 2.05) is 0 Å². The van der Waals surface area contributed by atoms with Gasteiger partial charge in [0.1, 0.15) is 0 Å². The van der Waals surface area contributed by atoms with E-state index in [0.717, 1.165) is 63.5 Å². The topological polar surface area (TPSA) is 68.2 Å². The van der Waals surface area contributed by atoms with E-state index in [1.54, 1.807) is 0 Å². The van der Waals surface area contributed by atoms with Gasteiger partial charge >= 0.3 is 0 Å². The molecule has 1 aromatic heterocycles. The summed E-state index contributed by atoms with van der Waals surface area (Å²) in [5.41, 5.74) is 5.94. The molecule has 17 heavy (non-hydrogen) atoms. The molecular weight excluding hydrogens is 216 g/mol. The number of hydrogen-bond acceptors (Lipinski definition) is 5. The van der Waals surface area contributed by atoms with Gasteiger partial charge in [0.15, 0.2) is 5.82 Å². The number of unbranched alkanes of at least 4 members (excludes halogenated alkanes) is 1. The molecular formula is C12H22N4O. The van der Waals surface area contributed by atoms with E-state index in [1.165, 1.54) is 0 Å². The fraction of sp³-hybridized carbons (Fsp3) is 0.833. The number of nitrogens with zero attached hydrogens (tertiary/aromatic N) is 3. The summed E-state index contributed by atoms with van der Waals surface area (Å²) in [6.45, 7) is 4.93. The van der Waals surface area contributed by atoms with E-state index >= 15 is 0 Å². The third-order valence-corrected chi connectivity index (χ3v) is 3.16. The lowest BCUT2D eigenvalue weighted by atomic mass is 10.1. The molecule has 1 aliphatic rings. The second-order valence-corrected chi connectivity index (χ2v) is 4.85. The Kier molecular flexibility index (Phi) is 4.50. The monoisotopic (exact) mass is 238 g/mol. The Morgan fingerprint density at radius 2 is 2.41 bits per heavy atom. The Morgan fingerprint density at radius 1 is 1.53 bits per heavy atom. The van der Waals surface area contributed by atoms with Crippen LogP contribution in [0.1, 0.15) is 44.3 Å². The first-order valence-corrected chi connectivity index (χ1v) is 6.57. The van der Waals surface area contributed by atoms with Crippen molar-refractivity contribution in [3.63, 3.8) is 0 Å². The van der Waals surface area contributed by atoms with Crippen LogP contribution in [0.4, 0.5) is 0 Å². The largest absolute Gasteiger partial charge is 0.338 e. The first-order valence-electron chi connectivity index (χ1n) is 6.57. The van der Waals surface area contributed by atoms with Crippen LogP contribution in [0.15, 0.2) is 4.52 Å². The molecule has 0 spiro atoms. The van der Waals surface area contributed by atoms with Crippen molar-refractivity contribution in [1.82, 2.24) is 15.0 Å². The van der Waals surface area contributed by atoms with Gasteiger partial charge in [-0.05, 0) is 25.8 Å². The van der Waals surface area contributed by atoms with Gasteiger partial charge in [-0.15, -0.1) is 0 Å². The summed E-state index contributed by atoms with van der Waals surface area (Å²) >= 11 is 0. The van der Waals surface area contributed by atoms with Gasteiger partial charge in [0.05, 0.1) is 6.54 Å². The zero-order chi connectivity index (χ0) is 12.1. The molecule has 1 fully saturated rings. The van der Waals surface area contributed by atoms with Gasteiger partial charge in [-0.3, -0.25) is 4.90 Å². The van der Waals surface area contributed by atoms with Gasteiger partial charge in [-0.2, -0.15) is 4.98 Å². The number of aromatic nitrogens is 2. The maximum Gasteiger partial charge on any atom is 0.240 e. The quantitative estimate of drug-likeness (QED) is 0.838. The summed E-state index contributed by atoms with van der Waals surface area (Å²) in [5, 5.41) is 3.99. The smallest absolute Gasteiger partial charge is 0.240 e. The number of piperidine rings is 1. The predicted molar refractivity (Wildman–Crippen MR) is 65.4 cm³/mol. The third-order valence-electron chi connectivity index (χ3n) is 3.16. The van der Waals surface area contributed by atoms with E-state index in [0.29, 0.717) is 6.04 Å². The number of nitrogens with two attached hydrogens (primary N) is 1. The van der Waals surface area contributed by atoms with Crippen LogP contribution in [0.2, 0.25) is 0 Å². The highest BCUT2D eigenvalue weighted by molar-refractivity contribution is 4.88. The minimum Gasteiger partial charge on any atom is -0.338 e. The molecule has 0 saturated carbocycles. The Morgan fingerprint density at radius 3 is 3.18 bits per heavy atom. The maximum absolute atomic E-state index is 5.94. The molecule has 1 saturated heterocycles. The summed E-state index contributed by atoms with van der Waals surface area (Å²) in [7, 11) is 0. The summed E-state index contributed by atoms with van der Waals surface area (Å²) < 4.78 is 5.26. The van der Waals surface area contributed by atoms with Crippen LogP contribution in [-0.4, -0.2) is 34.2 Å². The van der Waals surface area contributed by atoms with Crippen LogP contribution >= 0.6 is 0 Å². The Labute approximate surface area is 102 Å². The van der Waals surface area contributed by atoms with Gasteiger partial charge in [0.25, 0.3) is 0 Å². The zero-order valence-electron chi connectivity index (χ0n) is 10.6. The molecule has 1 unspecified atom stereocenters. The number of likely N-dealkylation sites (tertiary alicyclic amines) is 1. The van der Waals surface area contributed by atoms with Crippen molar-refractivity contribution >= 4 is 0 Å². The van der Waals surface area contributed by atoms with Crippen LogP contribution < -0.4 is 5.73 Å². The van der Waals surface area contributed by atoms with Crippen LogP contribution in [0, 0.1) is 0 Å². The standard InChI is InChI=1S/C12H22N4O/c1-2-3-6-11-14-12(17-15-11)9-16-7-4-5-10(13)8-16/h10H,2-9,13H2,1H3. The molecule has 2 heterocycles. The highest BCUT2D eigenvalue weighted by atomic mass is 16.5. The maximum atomic E-state index is 5.94. The Hall–Kier alpha value is -0.940. The number of hydrogen-bond donors (Lipinski definition) is 1. The summed E-state index contributed by atoms with van der Waals surface area (Å²) in [4.78, 5) is 6.70. The zero-order valence-corrected chi connectivity index (χ0v) is 10.6. The second-order valence-electron chi connectivity index (χ2n) is 4.85. The molecule has 1 atom stereocenters. The molecule has 0 radical (unpaired) electrons.